The van der Waals surface area contributed by atoms with Gasteiger partial charge in [-0.2, -0.15) is 0 Å². The van der Waals surface area contributed by atoms with Crippen molar-refractivity contribution in [3.8, 4) is 0 Å². The Morgan fingerprint density at radius 3 is 2.61 bits per heavy atom. The predicted octanol–water partition coefficient (Wildman–Crippen LogP) is 1.53. The van der Waals surface area contributed by atoms with Crippen LogP contribution in [0.2, 0.25) is 0 Å². The average molecular weight is 250 g/mol. The third-order valence-corrected chi connectivity index (χ3v) is 3.58. The van der Waals surface area contributed by atoms with Crippen LogP contribution in [0.1, 0.15) is 12.5 Å². The fraction of sp³-hybridized carbons (Fsp3) is 0.500. The van der Waals surface area contributed by atoms with E-state index in [1.165, 1.54) is 12.1 Å². The summed E-state index contributed by atoms with van der Waals surface area (Å²) >= 11 is 0. The number of rotatable bonds is 2. The molecule has 1 saturated heterocycles. The first-order valence-electron chi connectivity index (χ1n) is 6.28. The van der Waals surface area contributed by atoms with E-state index in [1.807, 2.05) is 4.90 Å². The van der Waals surface area contributed by atoms with Gasteiger partial charge in [-0.05, 0) is 31.7 Å². The lowest BCUT2D eigenvalue weighted by atomic mass is 10.1. The summed E-state index contributed by atoms with van der Waals surface area (Å²) in [5.74, 6) is -0.138. The van der Waals surface area contributed by atoms with Crippen molar-refractivity contribution in [2.45, 2.75) is 19.4 Å². The van der Waals surface area contributed by atoms with E-state index in [1.54, 1.807) is 12.1 Å². The minimum absolute atomic E-state index is 0.126. The van der Waals surface area contributed by atoms with Crippen LogP contribution in [-0.2, 0) is 11.2 Å². The van der Waals surface area contributed by atoms with Gasteiger partial charge in [0.1, 0.15) is 5.82 Å². The number of hydrogen-bond acceptors (Lipinski definition) is 2. The van der Waals surface area contributed by atoms with Crippen LogP contribution in [0.3, 0.4) is 0 Å². The molecule has 98 valence electrons. The average Bonchev–Trinajstić information content (AvgIpc) is 2.35. The van der Waals surface area contributed by atoms with Crippen LogP contribution in [0.15, 0.2) is 24.3 Å². The summed E-state index contributed by atoms with van der Waals surface area (Å²) in [6, 6.07) is 6.54. The Kier molecular flexibility index (Phi) is 3.97. The summed E-state index contributed by atoms with van der Waals surface area (Å²) in [5, 5.41) is 0. The molecule has 18 heavy (non-hydrogen) atoms. The van der Waals surface area contributed by atoms with Gasteiger partial charge in [-0.15, -0.1) is 0 Å². The molecule has 1 amide bonds. The minimum Gasteiger partial charge on any atom is -0.340 e. The van der Waals surface area contributed by atoms with E-state index in [0.29, 0.717) is 12.5 Å². The molecular formula is C14H19FN2O. The summed E-state index contributed by atoms with van der Waals surface area (Å²) in [4.78, 5) is 16.3. The van der Waals surface area contributed by atoms with Crippen LogP contribution in [0.5, 0.6) is 0 Å². The van der Waals surface area contributed by atoms with Gasteiger partial charge in [0.15, 0.2) is 0 Å². The van der Waals surface area contributed by atoms with Gasteiger partial charge < -0.3 is 9.80 Å². The Bertz CT molecular complexity index is 418. The molecule has 1 fully saturated rings. The van der Waals surface area contributed by atoms with Gasteiger partial charge in [0.2, 0.25) is 5.91 Å². The number of amides is 1. The maximum atomic E-state index is 12.8. The van der Waals surface area contributed by atoms with Crippen LogP contribution in [-0.4, -0.2) is 48.4 Å². The van der Waals surface area contributed by atoms with Gasteiger partial charge in [-0.25, -0.2) is 4.39 Å². The molecule has 0 aromatic heterocycles. The monoisotopic (exact) mass is 250 g/mol. The van der Waals surface area contributed by atoms with Crippen molar-refractivity contribution in [1.29, 1.82) is 0 Å². The molecule has 1 aliphatic heterocycles. The number of hydrogen-bond donors (Lipinski definition) is 0. The van der Waals surface area contributed by atoms with Crippen molar-refractivity contribution in [1.82, 2.24) is 9.80 Å². The molecule has 2 rings (SSSR count). The molecule has 0 radical (unpaired) electrons. The number of nitrogens with zero attached hydrogens (tertiary/aromatic N) is 2. The minimum atomic E-state index is -0.264. The third kappa shape index (κ3) is 3.07. The number of likely N-dealkylation sites (N-methyl/N-ethyl adjacent to an activating group) is 1. The van der Waals surface area contributed by atoms with E-state index in [4.69, 9.17) is 0 Å². The van der Waals surface area contributed by atoms with E-state index in [0.717, 1.165) is 25.2 Å². The second-order valence-electron chi connectivity index (χ2n) is 4.97. The van der Waals surface area contributed by atoms with Crippen LogP contribution < -0.4 is 0 Å². The summed E-state index contributed by atoms with van der Waals surface area (Å²) in [6.07, 6.45) is 0.358. The molecule has 0 N–H and O–H groups in total. The normalized spacial score (nSPS) is 21.1. The van der Waals surface area contributed by atoms with Crippen molar-refractivity contribution in [3.05, 3.63) is 35.6 Å². The van der Waals surface area contributed by atoms with E-state index >= 15 is 0 Å². The molecule has 1 atom stereocenters. The zero-order chi connectivity index (χ0) is 13.1. The molecular weight excluding hydrogens is 231 g/mol. The summed E-state index contributed by atoms with van der Waals surface area (Å²) in [6.45, 7) is 4.59. The van der Waals surface area contributed by atoms with Crippen molar-refractivity contribution in [2.24, 2.45) is 0 Å². The van der Waals surface area contributed by atoms with E-state index in [-0.39, 0.29) is 11.7 Å². The highest BCUT2D eigenvalue weighted by atomic mass is 19.1. The number of carbonyl (C=O) groups is 1. The highest BCUT2D eigenvalue weighted by Gasteiger charge is 2.24. The van der Waals surface area contributed by atoms with Crippen LogP contribution in [0.25, 0.3) is 0 Å². The van der Waals surface area contributed by atoms with Gasteiger partial charge in [-0.1, -0.05) is 12.1 Å². The molecule has 0 bridgehead atoms. The van der Waals surface area contributed by atoms with E-state index in [9.17, 15) is 9.18 Å². The van der Waals surface area contributed by atoms with Gasteiger partial charge in [0.05, 0.1) is 6.42 Å². The molecule has 0 spiro atoms. The highest BCUT2D eigenvalue weighted by Crippen LogP contribution is 2.10. The van der Waals surface area contributed by atoms with Gasteiger partial charge in [-0.3, -0.25) is 4.79 Å². The van der Waals surface area contributed by atoms with Crippen molar-refractivity contribution >= 4 is 5.91 Å². The van der Waals surface area contributed by atoms with Crippen LogP contribution in [0.4, 0.5) is 4.39 Å². The Morgan fingerprint density at radius 1 is 1.33 bits per heavy atom. The number of carbonyl (C=O) groups excluding carboxylic acids is 1. The molecule has 3 nitrogen and oxygen atoms in total. The van der Waals surface area contributed by atoms with Gasteiger partial charge in [0, 0.05) is 25.7 Å². The number of halogens is 1. The molecule has 1 unspecified atom stereocenters. The first-order valence-corrected chi connectivity index (χ1v) is 6.28. The number of benzene rings is 1. The Balaban J connectivity index is 1.94. The third-order valence-electron chi connectivity index (χ3n) is 3.58. The Hall–Kier alpha value is -1.42. The summed E-state index contributed by atoms with van der Waals surface area (Å²) < 4.78 is 12.8. The van der Waals surface area contributed by atoms with Crippen molar-refractivity contribution in [3.63, 3.8) is 0 Å². The predicted molar refractivity (Wildman–Crippen MR) is 68.8 cm³/mol. The molecule has 1 aliphatic rings. The molecule has 0 saturated carbocycles. The summed E-state index contributed by atoms with van der Waals surface area (Å²) in [7, 11) is 2.08. The Labute approximate surface area is 107 Å². The Morgan fingerprint density at radius 2 is 2.00 bits per heavy atom. The second kappa shape index (κ2) is 5.48. The molecule has 1 heterocycles. The lowest BCUT2D eigenvalue weighted by Gasteiger charge is -2.37. The maximum absolute atomic E-state index is 12.8. The zero-order valence-corrected chi connectivity index (χ0v) is 10.9. The molecule has 4 heteroatoms. The number of piperazine rings is 1. The molecule has 1 aromatic rings. The van der Waals surface area contributed by atoms with Gasteiger partial charge >= 0.3 is 0 Å². The summed E-state index contributed by atoms with van der Waals surface area (Å²) in [5.41, 5.74) is 0.869. The van der Waals surface area contributed by atoms with E-state index < -0.39 is 0 Å². The lowest BCUT2D eigenvalue weighted by molar-refractivity contribution is -0.133. The fourth-order valence-corrected chi connectivity index (χ4v) is 2.16. The SMILES string of the molecule is CC1CN(C(=O)Cc2ccc(F)cc2)CCN1C. The second-order valence-corrected chi connectivity index (χ2v) is 4.97. The fourth-order valence-electron chi connectivity index (χ4n) is 2.16. The first-order chi connectivity index (χ1) is 8.56. The topological polar surface area (TPSA) is 23.6 Å². The highest BCUT2D eigenvalue weighted by molar-refractivity contribution is 5.78. The first kappa shape index (κ1) is 13.0. The van der Waals surface area contributed by atoms with Gasteiger partial charge in [0.25, 0.3) is 0 Å². The quantitative estimate of drug-likeness (QED) is 0.794. The smallest absolute Gasteiger partial charge is 0.227 e. The molecule has 1 aromatic carbocycles. The standard InChI is InChI=1S/C14H19FN2O/c1-11-10-17(8-7-16(11)2)14(18)9-12-3-5-13(15)6-4-12/h3-6,11H,7-10H2,1-2H3. The van der Waals surface area contributed by atoms with Crippen LogP contribution >= 0.6 is 0 Å². The largest absolute Gasteiger partial charge is 0.340 e. The van der Waals surface area contributed by atoms with Crippen molar-refractivity contribution in [2.75, 3.05) is 26.7 Å². The van der Waals surface area contributed by atoms with E-state index in [2.05, 4.69) is 18.9 Å². The van der Waals surface area contributed by atoms with Crippen LogP contribution in [0, 0.1) is 5.82 Å². The maximum Gasteiger partial charge on any atom is 0.227 e. The molecule has 0 aliphatic carbocycles. The zero-order valence-electron chi connectivity index (χ0n) is 10.9. The lowest BCUT2D eigenvalue weighted by Crippen LogP contribution is -2.52. The van der Waals surface area contributed by atoms with Crippen molar-refractivity contribution < 1.29 is 9.18 Å².